The number of nitrogens with zero attached hydrogens (tertiary/aromatic N) is 1. The van der Waals surface area contributed by atoms with Crippen LogP contribution in [0.25, 0.3) is 11.1 Å². The molecular formula is C27H32FN3O3S. The first-order chi connectivity index (χ1) is 16.8. The number of amides is 1. The van der Waals surface area contributed by atoms with E-state index in [1.54, 1.807) is 24.3 Å². The lowest BCUT2D eigenvalue weighted by atomic mass is 9.96. The molecule has 0 unspecified atom stereocenters. The van der Waals surface area contributed by atoms with Crippen LogP contribution in [0.3, 0.4) is 0 Å². The molecule has 1 fully saturated rings. The summed E-state index contributed by atoms with van der Waals surface area (Å²) in [6.07, 6.45) is 5.90. The predicted molar refractivity (Wildman–Crippen MR) is 136 cm³/mol. The molecule has 1 aliphatic rings. The van der Waals surface area contributed by atoms with Crippen molar-refractivity contribution in [2.24, 2.45) is 0 Å². The van der Waals surface area contributed by atoms with E-state index >= 15 is 0 Å². The Balaban J connectivity index is 0.000000261. The molecule has 1 saturated carbocycles. The number of aromatic nitrogens is 1. The average Bonchev–Trinajstić information content (AvgIpc) is 2.84. The van der Waals surface area contributed by atoms with Gasteiger partial charge in [0.05, 0.1) is 4.90 Å². The summed E-state index contributed by atoms with van der Waals surface area (Å²) >= 11 is 0. The normalized spacial score (nSPS) is 14.0. The number of rotatable bonds is 7. The molecule has 2 N–H and O–H groups in total. The van der Waals surface area contributed by atoms with E-state index in [4.69, 9.17) is 0 Å². The first-order valence-corrected chi connectivity index (χ1v) is 13.2. The summed E-state index contributed by atoms with van der Waals surface area (Å²) in [5.74, 6) is -0.264. The van der Waals surface area contributed by atoms with Crippen molar-refractivity contribution in [1.82, 2.24) is 15.0 Å². The summed E-state index contributed by atoms with van der Waals surface area (Å²) in [5.41, 5.74) is 4.87. The van der Waals surface area contributed by atoms with Crippen LogP contribution in [0.2, 0.25) is 0 Å². The molecular weight excluding hydrogens is 465 g/mol. The molecule has 2 aromatic carbocycles. The summed E-state index contributed by atoms with van der Waals surface area (Å²) in [5, 5.41) is 2.48. The Morgan fingerprint density at radius 3 is 2.09 bits per heavy atom. The van der Waals surface area contributed by atoms with Crippen LogP contribution in [0, 0.1) is 19.7 Å². The van der Waals surface area contributed by atoms with E-state index in [1.165, 1.54) is 18.6 Å². The molecule has 0 saturated heterocycles. The fourth-order valence-electron chi connectivity index (χ4n) is 4.10. The topological polar surface area (TPSA) is 88.2 Å². The van der Waals surface area contributed by atoms with Gasteiger partial charge in [-0.1, -0.05) is 43.5 Å². The monoisotopic (exact) mass is 497 g/mol. The quantitative estimate of drug-likeness (QED) is 0.447. The lowest BCUT2D eigenvalue weighted by Gasteiger charge is -2.22. The molecule has 1 aromatic heterocycles. The largest absolute Gasteiger partial charge is 0.355 e. The van der Waals surface area contributed by atoms with Gasteiger partial charge in [-0.2, -0.15) is 0 Å². The van der Waals surface area contributed by atoms with E-state index in [0.717, 1.165) is 53.8 Å². The highest BCUT2D eigenvalue weighted by atomic mass is 32.2. The first-order valence-electron chi connectivity index (χ1n) is 11.8. The number of sulfonamides is 1. The summed E-state index contributed by atoms with van der Waals surface area (Å²) < 4.78 is 40.2. The van der Waals surface area contributed by atoms with Crippen LogP contribution in [0.1, 0.15) is 49.1 Å². The molecule has 8 heteroatoms. The van der Waals surface area contributed by atoms with Crippen molar-refractivity contribution in [3.8, 4) is 11.1 Å². The van der Waals surface area contributed by atoms with Crippen LogP contribution in [0.4, 0.5) is 4.39 Å². The second-order valence-electron chi connectivity index (χ2n) is 8.74. The molecule has 186 valence electrons. The maximum absolute atomic E-state index is 12.5. The number of carbonyl (C=O) groups excluding carboxylic acids is 1. The van der Waals surface area contributed by atoms with Gasteiger partial charge in [-0.05, 0) is 79.8 Å². The number of nitrogens with one attached hydrogen (secondary N) is 2. The number of hydrogen-bond acceptors (Lipinski definition) is 4. The van der Waals surface area contributed by atoms with Crippen LogP contribution in [-0.2, 0) is 21.4 Å². The highest BCUT2D eigenvalue weighted by Crippen LogP contribution is 2.24. The SMILES string of the molecule is Cc1cc(-c2ccc(S(=O)(=O)NC3CCCCC3)cc2)cc(C)n1.O=CNCc1ccc(F)cc1. The number of pyridine rings is 1. The summed E-state index contributed by atoms with van der Waals surface area (Å²) in [6.45, 7) is 4.37. The minimum atomic E-state index is -3.44. The third kappa shape index (κ3) is 8.26. The Bertz CT molecular complexity index is 1190. The fourth-order valence-corrected chi connectivity index (χ4v) is 5.40. The maximum Gasteiger partial charge on any atom is 0.240 e. The third-order valence-electron chi connectivity index (χ3n) is 5.81. The Morgan fingerprint density at radius 1 is 0.914 bits per heavy atom. The zero-order chi connectivity index (χ0) is 25.3. The fraction of sp³-hybridized carbons (Fsp3) is 0.333. The van der Waals surface area contributed by atoms with Crippen molar-refractivity contribution in [1.29, 1.82) is 0 Å². The van der Waals surface area contributed by atoms with Crippen LogP contribution in [0.5, 0.6) is 0 Å². The van der Waals surface area contributed by atoms with Gasteiger partial charge in [-0.25, -0.2) is 17.5 Å². The number of aryl methyl sites for hydroxylation is 2. The van der Waals surface area contributed by atoms with Crippen LogP contribution >= 0.6 is 0 Å². The number of hydrogen-bond donors (Lipinski definition) is 2. The van der Waals surface area contributed by atoms with E-state index in [0.29, 0.717) is 17.9 Å². The van der Waals surface area contributed by atoms with Gasteiger partial charge in [0.15, 0.2) is 0 Å². The minimum Gasteiger partial charge on any atom is -0.355 e. The molecule has 0 atom stereocenters. The van der Waals surface area contributed by atoms with Crippen molar-refractivity contribution >= 4 is 16.4 Å². The van der Waals surface area contributed by atoms with Crippen molar-refractivity contribution in [3.05, 3.63) is 83.4 Å². The summed E-state index contributed by atoms with van der Waals surface area (Å²) in [7, 11) is -3.44. The molecule has 1 heterocycles. The summed E-state index contributed by atoms with van der Waals surface area (Å²) in [6, 6.07) is 17.2. The van der Waals surface area contributed by atoms with E-state index in [2.05, 4.69) is 15.0 Å². The van der Waals surface area contributed by atoms with Crippen molar-refractivity contribution in [3.63, 3.8) is 0 Å². The first kappa shape index (κ1) is 26.5. The van der Waals surface area contributed by atoms with Gasteiger partial charge in [-0.15, -0.1) is 0 Å². The Kier molecular flexibility index (Phi) is 9.51. The predicted octanol–water partition coefficient (Wildman–Crippen LogP) is 5.05. The zero-order valence-corrected chi connectivity index (χ0v) is 20.9. The van der Waals surface area contributed by atoms with E-state index < -0.39 is 10.0 Å². The Hall–Kier alpha value is -3.10. The number of halogens is 1. The van der Waals surface area contributed by atoms with Gasteiger partial charge in [0.25, 0.3) is 0 Å². The Labute approximate surface area is 207 Å². The molecule has 0 aliphatic heterocycles. The number of carbonyl (C=O) groups is 1. The second-order valence-corrected chi connectivity index (χ2v) is 10.5. The number of benzene rings is 2. The van der Waals surface area contributed by atoms with Gasteiger partial charge in [0.1, 0.15) is 5.82 Å². The van der Waals surface area contributed by atoms with E-state index in [-0.39, 0.29) is 11.9 Å². The van der Waals surface area contributed by atoms with Crippen LogP contribution in [0.15, 0.2) is 65.6 Å². The van der Waals surface area contributed by atoms with E-state index in [1.807, 2.05) is 38.1 Å². The van der Waals surface area contributed by atoms with Gasteiger partial charge in [0.2, 0.25) is 16.4 Å². The lowest BCUT2D eigenvalue weighted by Crippen LogP contribution is -2.36. The smallest absolute Gasteiger partial charge is 0.240 e. The molecule has 35 heavy (non-hydrogen) atoms. The van der Waals surface area contributed by atoms with Crippen LogP contribution in [-0.4, -0.2) is 25.9 Å². The van der Waals surface area contributed by atoms with Gasteiger partial charge < -0.3 is 5.32 Å². The molecule has 1 aliphatic carbocycles. The average molecular weight is 498 g/mol. The second kappa shape index (κ2) is 12.6. The highest BCUT2D eigenvalue weighted by Gasteiger charge is 2.21. The third-order valence-corrected chi connectivity index (χ3v) is 7.35. The molecule has 0 radical (unpaired) electrons. The summed E-state index contributed by atoms with van der Waals surface area (Å²) in [4.78, 5) is 14.6. The molecule has 0 bridgehead atoms. The standard InChI is InChI=1S/C19H24N2O2S.C8H8FNO/c1-14-12-17(13-15(2)20-14)16-8-10-19(11-9-16)24(22,23)21-18-6-4-3-5-7-18;9-8-3-1-7(2-4-8)5-10-6-11/h8-13,18,21H,3-7H2,1-2H3;1-4,6H,5H2,(H,10,11). The molecule has 6 nitrogen and oxygen atoms in total. The molecule has 3 aromatic rings. The maximum atomic E-state index is 12.5. The van der Waals surface area contributed by atoms with Crippen LogP contribution < -0.4 is 10.0 Å². The molecule has 4 rings (SSSR count). The van der Waals surface area contributed by atoms with Crippen molar-refractivity contribution < 1.29 is 17.6 Å². The van der Waals surface area contributed by atoms with E-state index in [9.17, 15) is 17.6 Å². The molecule has 0 spiro atoms. The minimum absolute atomic E-state index is 0.0777. The molecule has 1 amide bonds. The van der Waals surface area contributed by atoms with Gasteiger partial charge in [0, 0.05) is 24.0 Å². The van der Waals surface area contributed by atoms with Gasteiger partial charge >= 0.3 is 0 Å². The van der Waals surface area contributed by atoms with Crippen molar-refractivity contribution in [2.75, 3.05) is 0 Å². The highest BCUT2D eigenvalue weighted by molar-refractivity contribution is 7.89. The lowest BCUT2D eigenvalue weighted by molar-refractivity contribution is -0.109. The zero-order valence-electron chi connectivity index (χ0n) is 20.1. The Morgan fingerprint density at radius 2 is 1.51 bits per heavy atom. The van der Waals surface area contributed by atoms with Gasteiger partial charge in [-0.3, -0.25) is 9.78 Å². The van der Waals surface area contributed by atoms with Crippen molar-refractivity contribution in [2.45, 2.75) is 63.4 Å².